The molecule has 17 heavy (non-hydrogen) atoms. The zero-order valence-corrected chi connectivity index (χ0v) is 11.4. The van der Waals surface area contributed by atoms with E-state index in [1.54, 1.807) is 0 Å². The predicted molar refractivity (Wildman–Crippen MR) is 68.3 cm³/mol. The Balaban J connectivity index is 2.20. The van der Waals surface area contributed by atoms with Gasteiger partial charge in [-0.3, -0.25) is 0 Å². The van der Waals surface area contributed by atoms with Crippen molar-refractivity contribution >= 4 is 25.5 Å². The second-order valence-electron chi connectivity index (χ2n) is 3.66. The average Bonchev–Trinajstić information content (AvgIpc) is 2.39. The van der Waals surface area contributed by atoms with Crippen LogP contribution >= 0.6 is 0 Å². The first-order valence-corrected chi connectivity index (χ1v) is 7.15. The molecule has 2 rings (SSSR count). The zero-order chi connectivity index (χ0) is 12.3. The summed E-state index contributed by atoms with van der Waals surface area (Å²) in [6.45, 7) is 1.92. The third-order valence-corrected chi connectivity index (χ3v) is 4.46. The molecule has 1 aromatic carbocycles. The van der Waals surface area contributed by atoms with Gasteiger partial charge in [-0.05, 0) is 0 Å². The molecule has 0 bridgehead atoms. The van der Waals surface area contributed by atoms with Gasteiger partial charge in [0.15, 0.2) is 0 Å². The zero-order valence-electron chi connectivity index (χ0n) is 9.71. The number of rotatable bonds is 2. The topological polar surface area (TPSA) is 38.7 Å². The van der Waals surface area contributed by atoms with E-state index in [0.717, 1.165) is 10.2 Å². The summed E-state index contributed by atoms with van der Waals surface area (Å²) in [5.74, 6) is -0.268. The van der Waals surface area contributed by atoms with Crippen LogP contribution in [-0.2, 0) is 9.53 Å². The standard InChI is InChI=1S/C13H13NO2Se/c1-9-11(13(15)16-2)8-17-12(14-9)10-6-4-3-5-7-10/h3-9H,1-2H3. The van der Waals surface area contributed by atoms with Crippen molar-refractivity contribution in [1.82, 2.24) is 0 Å². The van der Waals surface area contributed by atoms with Crippen molar-refractivity contribution in [3.05, 3.63) is 46.4 Å². The van der Waals surface area contributed by atoms with E-state index in [-0.39, 0.29) is 27.0 Å². The molecule has 0 aromatic heterocycles. The molecule has 88 valence electrons. The number of hydrogen-bond donors (Lipinski definition) is 0. The summed E-state index contributed by atoms with van der Waals surface area (Å²) in [5, 5.41) is 0. The van der Waals surface area contributed by atoms with Gasteiger partial charge in [-0.2, -0.15) is 0 Å². The molecule has 0 saturated heterocycles. The Kier molecular flexibility index (Phi) is 3.77. The number of hydrogen-bond acceptors (Lipinski definition) is 3. The number of aliphatic imine (C=N–C) groups is 1. The van der Waals surface area contributed by atoms with E-state index >= 15 is 0 Å². The fourth-order valence-corrected chi connectivity index (χ4v) is 3.70. The maximum atomic E-state index is 11.5. The van der Waals surface area contributed by atoms with Crippen molar-refractivity contribution in [3.8, 4) is 0 Å². The first kappa shape index (κ1) is 12.1. The van der Waals surface area contributed by atoms with Crippen molar-refractivity contribution in [2.45, 2.75) is 13.0 Å². The van der Waals surface area contributed by atoms with Crippen LogP contribution in [0.2, 0.25) is 0 Å². The fraction of sp³-hybridized carbons (Fsp3) is 0.231. The van der Waals surface area contributed by atoms with Crippen LogP contribution in [-0.4, -0.2) is 38.7 Å². The number of nitrogens with zero attached hydrogens (tertiary/aromatic N) is 1. The van der Waals surface area contributed by atoms with E-state index in [0.29, 0.717) is 5.57 Å². The van der Waals surface area contributed by atoms with E-state index in [1.165, 1.54) is 7.11 Å². The second kappa shape index (κ2) is 5.30. The molecule has 0 fully saturated rings. The maximum absolute atomic E-state index is 11.5. The van der Waals surface area contributed by atoms with Crippen LogP contribution in [0.25, 0.3) is 0 Å². The minimum absolute atomic E-state index is 0.0946. The summed E-state index contributed by atoms with van der Waals surface area (Å²) in [7, 11) is 1.40. The SMILES string of the molecule is COC(=O)C1=C[Se]C(c2ccccc2)=NC1C. The average molecular weight is 294 g/mol. The Morgan fingerprint density at radius 1 is 1.35 bits per heavy atom. The second-order valence-corrected chi connectivity index (χ2v) is 5.46. The van der Waals surface area contributed by atoms with E-state index in [2.05, 4.69) is 4.99 Å². The number of esters is 1. The molecule has 4 heteroatoms. The van der Waals surface area contributed by atoms with Crippen LogP contribution in [0.3, 0.4) is 0 Å². The molecule has 1 heterocycles. The van der Waals surface area contributed by atoms with E-state index in [4.69, 9.17) is 4.74 Å². The Bertz CT molecular complexity index is 479. The summed E-state index contributed by atoms with van der Waals surface area (Å²) < 4.78 is 5.82. The molecule has 1 aromatic rings. The van der Waals surface area contributed by atoms with E-state index in [1.807, 2.05) is 42.2 Å². The van der Waals surface area contributed by atoms with Crippen LogP contribution < -0.4 is 0 Å². The van der Waals surface area contributed by atoms with Crippen molar-refractivity contribution in [2.24, 2.45) is 4.99 Å². The van der Waals surface area contributed by atoms with Crippen molar-refractivity contribution in [3.63, 3.8) is 0 Å². The molecule has 0 amide bonds. The van der Waals surface area contributed by atoms with E-state index < -0.39 is 0 Å². The Hall–Kier alpha value is -1.38. The predicted octanol–water partition coefficient (Wildman–Crippen LogP) is 1.60. The number of carbonyl (C=O) groups excluding carboxylic acids is 1. The van der Waals surface area contributed by atoms with Gasteiger partial charge in [-0.1, -0.05) is 0 Å². The molecule has 1 unspecified atom stereocenters. The number of ether oxygens (including phenoxy) is 1. The molecule has 1 aliphatic heterocycles. The van der Waals surface area contributed by atoms with Crippen LogP contribution in [0.5, 0.6) is 0 Å². The third-order valence-electron chi connectivity index (χ3n) is 2.50. The monoisotopic (exact) mass is 295 g/mol. The minimum atomic E-state index is -0.268. The number of benzene rings is 1. The van der Waals surface area contributed by atoms with Gasteiger partial charge >= 0.3 is 107 Å². The van der Waals surface area contributed by atoms with Gasteiger partial charge in [0.1, 0.15) is 0 Å². The molecule has 0 radical (unpaired) electrons. The first-order chi connectivity index (χ1) is 8.22. The summed E-state index contributed by atoms with van der Waals surface area (Å²) >= 11 is 0.0946. The Morgan fingerprint density at radius 3 is 2.65 bits per heavy atom. The van der Waals surface area contributed by atoms with Gasteiger partial charge < -0.3 is 0 Å². The number of carbonyl (C=O) groups is 1. The Morgan fingerprint density at radius 2 is 2.06 bits per heavy atom. The van der Waals surface area contributed by atoms with Gasteiger partial charge in [-0.15, -0.1) is 0 Å². The van der Waals surface area contributed by atoms with Gasteiger partial charge in [-0.25, -0.2) is 0 Å². The molecule has 0 N–H and O–H groups in total. The molecule has 0 aliphatic carbocycles. The van der Waals surface area contributed by atoms with Crippen LogP contribution in [0, 0.1) is 0 Å². The van der Waals surface area contributed by atoms with Crippen molar-refractivity contribution in [2.75, 3.05) is 7.11 Å². The molecule has 3 nitrogen and oxygen atoms in total. The summed E-state index contributed by atoms with van der Waals surface area (Å²) in [6.07, 6.45) is 0. The van der Waals surface area contributed by atoms with Crippen molar-refractivity contribution in [1.29, 1.82) is 0 Å². The normalized spacial score (nSPS) is 19.3. The molecule has 0 saturated carbocycles. The Labute approximate surface area is 107 Å². The summed E-state index contributed by atoms with van der Waals surface area (Å²) in [6, 6.07) is 9.96. The van der Waals surface area contributed by atoms with Gasteiger partial charge in [0.25, 0.3) is 0 Å². The number of methoxy groups -OCH3 is 1. The van der Waals surface area contributed by atoms with Crippen LogP contribution in [0.15, 0.2) is 45.9 Å². The van der Waals surface area contributed by atoms with Crippen molar-refractivity contribution < 1.29 is 9.53 Å². The quantitative estimate of drug-likeness (QED) is 0.614. The molecule has 0 spiro atoms. The van der Waals surface area contributed by atoms with Gasteiger partial charge in [0, 0.05) is 0 Å². The molecule has 1 aliphatic rings. The third kappa shape index (κ3) is 2.65. The molecular formula is C13H13NO2Se. The molecular weight excluding hydrogens is 281 g/mol. The fourth-order valence-electron chi connectivity index (χ4n) is 1.55. The first-order valence-electron chi connectivity index (χ1n) is 5.30. The van der Waals surface area contributed by atoms with E-state index in [9.17, 15) is 4.79 Å². The van der Waals surface area contributed by atoms with Gasteiger partial charge in [0.05, 0.1) is 0 Å². The van der Waals surface area contributed by atoms with Crippen LogP contribution in [0.4, 0.5) is 0 Å². The van der Waals surface area contributed by atoms with Crippen LogP contribution in [0.1, 0.15) is 12.5 Å². The van der Waals surface area contributed by atoms with Gasteiger partial charge in [0.2, 0.25) is 0 Å². The summed E-state index contributed by atoms with van der Waals surface area (Å²) in [5.41, 5.74) is 1.81. The summed E-state index contributed by atoms with van der Waals surface area (Å²) in [4.78, 5) is 18.0. The molecule has 1 atom stereocenters.